The number of rotatable bonds is 6. The van der Waals surface area contributed by atoms with Crippen molar-refractivity contribution < 1.29 is 19.7 Å². The van der Waals surface area contributed by atoms with Crippen LogP contribution in [0.4, 0.5) is 5.69 Å². The van der Waals surface area contributed by atoms with E-state index in [-0.39, 0.29) is 30.5 Å². The first-order valence-electron chi connectivity index (χ1n) is 6.84. The molecule has 0 heterocycles. The quantitative estimate of drug-likeness (QED) is 0.365. The number of carbonyl (C=O) groups is 1. The highest BCUT2D eigenvalue weighted by atomic mass is 16.5. The first-order valence-corrected chi connectivity index (χ1v) is 6.84. The molecule has 1 aromatic rings. The summed E-state index contributed by atoms with van der Waals surface area (Å²) in [7, 11) is 0. The van der Waals surface area contributed by atoms with Crippen molar-refractivity contribution in [2.24, 2.45) is 10.9 Å². The smallest absolute Gasteiger partial charge is 0.343 e. The number of esters is 1. The summed E-state index contributed by atoms with van der Waals surface area (Å²) in [4.78, 5) is 16.1. The number of aliphatic imine (C=N–C) groups is 1. The Kier molecular flexibility index (Phi) is 6.62. The second-order valence-electron chi connectivity index (χ2n) is 4.72. The number of benzene rings is 1. The van der Waals surface area contributed by atoms with Crippen molar-refractivity contribution in [3.05, 3.63) is 41.2 Å². The van der Waals surface area contributed by atoms with E-state index < -0.39 is 5.97 Å². The molecule has 1 aromatic carbocycles. The van der Waals surface area contributed by atoms with Gasteiger partial charge in [-0.3, -0.25) is 4.99 Å². The van der Waals surface area contributed by atoms with Crippen molar-refractivity contribution in [1.29, 1.82) is 0 Å². The van der Waals surface area contributed by atoms with Crippen molar-refractivity contribution in [2.45, 2.75) is 27.4 Å². The summed E-state index contributed by atoms with van der Waals surface area (Å²) in [5.41, 5.74) is 1.21. The Morgan fingerprint density at radius 1 is 1.38 bits per heavy atom. The van der Waals surface area contributed by atoms with Gasteiger partial charge in [0.05, 0.1) is 18.9 Å². The van der Waals surface area contributed by atoms with Crippen molar-refractivity contribution in [3.63, 3.8) is 0 Å². The molecule has 5 nitrogen and oxygen atoms in total. The number of carbonyl (C=O) groups excluding carboxylic acids is 1. The predicted molar refractivity (Wildman–Crippen MR) is 81.6 cm³/mol. The second-order valence-corrected chi connectivity index (χ2v) is 4.72. The molecule has 0 bridgehead atoms. The van der Waals surface area contributed by atoms with Gasteiger partial charge in [-0.25, -0.2) is 4.79 Å². The fourth-order valence-corrected chi connectivity index (χ4v) is 1.65. The molecule has 0 spiro atoms. The van der Waals surface area contributed by atoms with Crippen LogP contribution in [0.1, 0.15) is 26.3 Å². The van der Waals surface area contributed by atoms with Crippen LogP contribution in [0.2, 0.25) is 0 Å². The third kappa shape index (κ3) is 4.72. The number of ether oxygens (including phenoxy) is 1. The molecule has 5 heteroatoms. The van der Waals surface area contributed by atoms with Crippen molar-refractivity contribution >= 4 is 17.9 Å². The number of aliphatic hydroxyl groups excluding tert-OH is 2. The molecule has 0 aliphatic rings. The molecule has 0 saturated carbocycles. The molecule has 0 atom stereocenters. The van der Waals surface area contributed by atoms with Crippen LogP contribution in [0, 0.1) is 5.92 Å². The molecule has 2 N–H and O–H groups in total. The van der Waals surface area contributed by atoms with Crippen LogP contribution in [0.25, 0.3) is 0 Å². The van der Waals surface area contributed by atoms with Crippen LogP contribution < -0.4 is 0 Å². The molecular formula is C16H21NO4. The summed E-state index contributed by atoms with van der Waals surface area (Å²) < 4.78 is 4.92. The lowest BCUT2D eigenvalue weighted by molar-refractivity contribution is -0.138. The summed E-state index contributed by atoms with van der Waals surface area (Å²) in [5.74, 6) is -0.906. The molecule has 0 fully saturated rings. The number of hydrogen-bond acceptors (Lipinski definition) is 5. The summed E-state index contributed by atoms with van der Waals surface area (Å²) in [6.45, 7) is 5.30. The number of aliphatic hydroxyl groups is 2. The van der Waals surface area contributed by atoms with E-state index >= 15 is 0 Å². The van der Waals surface area contributed by atoms with Gasteiger partial charge in [0.15, 0.2) is 0 Å². The van der Waals surface area contributed by atoms with Crippen LogP contribution in [-0.4, -0.2) is 29.0 Å². The Hall–Kier alpha value is -2.14. The standard InChI is InChI=1S/C16H21NO4/c1-4-21-16(20)13(15(19)11(2)3)9-17-14-8-6-5-7-12(14)10-18/h5-9,11,18-19H,4,10H2,1-3H3/b15-13-,17-9?. The van der Waals surface area contributed by atoms with Crippen molar-refractivity contribution in [1.82, 2.24) is 0 Å². The summed E-state index contributed by atoms with van der Waals surface area (Å²) in [5, 5.41) is 19.3. The topological polar surface area (TPSA) is 79.1 Å². The Labute approximate surface area is 124 Å². The molecular weight excluding hydrogens is 270 g/mol. The van der Waals surface area contributed by atoms with Gasteiger partial charge in [0.1, 0.15) is 11.3 Å². The lowest BCUT2D eigenvalue weighted by Gasteiger charge is -2.09. The monoisotopic (exact) mass is 291 g/mol. The fraction of sp³-hybridized carbons (Fsp3) is 0.375. The maximum Gasteiger partial charge on any atom is 0.343 e. The van der Waals surface area contributed by atoms with E-state index in [1.807, 2.05) is 0 Å². The first-order chi connectivity index (χ1) is 10.0. The molecule has 0 amide bonds. The molecule has 0 aliphatic carbocycles. The molecule has 0 unspecified atom stereocenters. The van der Waals surface area contributed by atoms with Gasteiger partial charge in [0, 0.05) is 17.7 Å². The lowest BCUT2D eigenvalue weighted by atomic mass is 10.1. The van der Waals surface area contributed by atoms with Crippen molar-refractivity contribution in [2.75, 3.05) is 6.61 Å². The first kappa shape index (κ1) is 16.9. The number of nitrogens with zero attached hydrogens (tertiary/aromatic N) is 1. The molecule has 0 radical (unpaired) electrons. The van der Waals surface area contributed by atoms with Crippen LogP contribution >= 0.6 is 0 Å². The van der Waals surface area contributed by atoms with Crippen LogP contribution in [0.5, 0.6) is 0 Å². The van der Waals surface area contributed by atoms with Crippen molar-refractivity contribution in [3.8, 4) is 0 Å². The predicted octanol–water partition coefficient (Wildman–Crippen LogP) is 2.91. The van der Waals surface area contributed by atoms with Gasteiger partial charge < -0.3 is 14.9 Å². The van der Waals surface area contributed by atoms with E-state index in [4.69, 9.17) is 4.74 Å². The molecule has 114 valence electrons. The van der Waals surface area contributed by atoms with Gasteiger partial charge in [-0.05, 0) is 13.0 Å². The SMILES string of the molecule is CCOC(=O)/C(C=Nc1ccccc1CO)=C(\O)C(C)C. The highest BCUT2D eigenvalue weighted by molar-refractivity contribution is 6.10. The van der Waals surface area contributed by atoms with E-state index in [1.165, 1.54) is 6.21 Å². The van der Waals surface area contributed by atoms with Gasteiger partial charge in [0.25, 0.3) is 0 Å². The lowest BCUT2D eigenvalue weighted by Crippen LogP contribution is -2.13. The van der Waals surface area contributed by atoms with Crippen LogP contribution in [0.15, 0.2) is 40.6 Å². The largest absolute Gasteiger partial charge is 0.511 e. The maximum absolute atomic E-state index is 11.9. The van der Waals surface area contributed by atoms with E-state index in [2.05, 4.69) is 4.99 Å². The van der Waals surface area contributed by atoms with Crippen LogP contribution in [-0.2, 0) is 16.1 Å². The molecule has 1 rings (SSSR count). The van der Waals surface area contributed by atoms with Gasteiger partial charge in [-0.2, -0.15) is 0 Å². The minimum atomic E-state index is -0.617. The molecule has 0 saturated heterocycles. The van der Waals surface area contributed by atoms with Gasteiger partial charge in [0.2, 0.25) is 0 Å². The third-order valence-corrected chi connectivity index (χ3v) is 2.81. The zero-order valence-electron chi connectivity index (χ0n) is 12.5. The third-order valence-electron chi connectivity index (χ3n) is 2.81. The highest BCUT2D eigenvalue weighted by Crippen LogP contribution is 2.19. The van der Waals surface area contributed by atoms with E-state index in [0.717, 1.165) is 0 Å². The Bertz CT molecular complexity index is 547. The fourth-order valence-electron chi connectivity index (χ4n) is 1.65. The zero-order chi connectivity index (χ0) is 15.8. The minimum absolute atomic E-state index is 0.0274. The second kappa shape index (κ2) is 8.21. The van der Waals surface area contributed by atoms with E-state index in [1.54, 1.807) is 45.0 Å². The Balaban J connectivity index is 3.15. The number of hydrogen-bond donors (Lipinski definition) is 2. The summed E-state index contributed by atoms with van der Waals surface area (Å²) >= 11 is 0. The minimum Gasteiger partial charge on any atom is -0.511 e. The zero-order valence-corrected chi connectivity index (χ0v) is 12.5. The van der Waals surface area contributed by atoms with Crippen LogP contribution in [0.3, 0.4) is 0 Å². The highest BCUT2D eigenvalue weighted by Gasteiger charge is 2.17. The van der Waals surface area contributed by atoms with Gasteiger partial charge in [-0.15, -0.1) is 0 Å². The number of para-hydroxylation sites is 1. The maximum atomic E-state index is 11.9. The molecule has 21 heavy (non-hydrogen) atoms. The Morgan fingerprint density at radius 2 is 2.05 bits per heavy atom. The molecule has 0 aromatic heterocycles. The molecule has 0 aliphatic heterocycles. The normalized spacial score (nSPS) is 12.6. The van der Waals surface area contributed by atoms with E-state index in [0.29, 0.717) is 11.3 Å². The summed E-state index contributed by atoms with van der Waals surface area (Å²) in [6.07, 6.45) is 1.28. The average molecular weight is 291 g/mol. The number of allylic oxidation sites excluding steroid dienone is 1. The van der Waals surface area contributed by atoms with E-state index in [9.17, 15) is 15.0 Å². The van der Waals surface area contributed by atoms with Gasteiger partial charge in [-0.1, -0.05) is 32.0 Å². The summed E-state index contributed by atoms with van der Waals surface area (Å²) in [6, 6.07) is 7.03. The average Bonchev–Trinajstić information content (AvgIpc) is 2.47. The Morgan fingerprint density at radius 3 is 2.62 bits per heavy atom. The van der Waals surface area contributed by atoms with Gasteiger partial charge >= 0.3 is 5.97 Å².